The summed E-state index contributed by atoms with van der Waals surface area (Å²) in [7, 11) is 1.80. The van der Waals surface area contributed by atoms with Gasteiger partial charge in [-0.2, -0.15) is 0 Å². The standard InChI is InChI=1S/C25H32N6O/c1-18-6-9-21(10-7-18)24-22(5-4-14-32-24)17-30-25(26-3)29-16-20-8-11-23(28-15-20)31-13-12-27-19(31)2/h6-13,15,22,24H,4-5,14,16-17H2,1-3H3,(H2,26,29,30). The minimum Gasteiger partial charge on any atom is -0.373 e. The van der Waals surface area contributed by atoms with Gasteiger partial charge >= 0.3 is 0 Å². The molecule has 7 heteroatoms. The summed E-state index contributed by atoms with van der Waals surface area (Å²) in [5, 5.41) is 6.88. The van der Waals surface area contributed by atoms with Gasteiger partial charge in [-0.1, -0.05) is 35.9 Å². The smallest absolute Gasteiger partial charge is 0.191 e. The Morgan fingerprint density at radius 1 is 1.12 bits per heavy atom. The van der Waals surface area contributed by atoms with E-state index in [-0.39, 0.29) is 6.10 Å². The van der Waals surface area contributed by atoms with Gasteiger partial charge in [-0.15, -0.1) is 0 Å². The summed E-state index contributed by atoms with van der Waals surface area (Å²) in [5.41, 5.74) is 3.61. The molecular weight excluding hydrogens is 400 g/mol. The Balaban J connectivity index is 1.31. The first-order valence-electron chi connectivity index (χ1n) is 11.2. The zero-order valence-electron chi connectivity index (χ0n) is 19.1. The fourth-order valence-electron chi connectivity index (χ4n) is 4.09. The number of aliphatic imine (C=N–C) groups is 1. The molecule has 7 nitrogen and oxygen atoms in total. The van der Waals surface area contributed by atoms with Crippen LogP contribution >= 0.6 is 0 Å². The zero-order valence-corrected chi connectivity index (χ0v) is 19.1. The maximum Gasteiger partial charge on any atom is 0.191 e. The van der Waals surface area contributed by atoms with E-state index in [0.717, 1.165) is 49.2 Å². The van der Waals surface area contributed by atoms with E-state index in [4.69, 9.17) is 4.74 Å². The maximum atomic E-state index is 6.15. The Bertz CT molecular complexity index is 1030. The third-order valence-electron chi connectivity index (χ3n) is 5.95. The molecule has 1 aliphatic rings. The Labute approximate surface area is 190 Å². The molecule has 4 rings (SSSR count). The highest BCUT2D eigenvalue weighted by atomic mass is 16.5. The summed E-state index contributed by atoms with van der Waals surface area (Å²) in [6.07, 6.45) is 7.94. The van der Waals surface area contributed by atoms with Gasteiger partial charge in [-0.3, -0.25) is 9.56 Å². The first-order valence-corrected chi connectivity index (χ1v) is 11.2. The molecule has 3 aromatic rings. The number of guanidine groups is 1. The molecule has 1 saturated heterocycles. The molecule has 0 radical (unpaired) electrons. The van der Waals surface area contributed by atoms with Crippen LogP contribution in [0.15, 0.2) is 60.0 Å². The van der Waals surface area contributed by atoms with Crippen molar-refractivity contribution in [1.29, 1.82) is 0 Å². The Hall–Kier alpha value is -3.19. The van der Waals surface area contributed by atoms with Gasteiger partial charge < -0.3 is 15.4 Å². The molecule has 1 aliphatic heterocycles. The van der Waals surface area contributed by atoms with E-state index in [0.29, 0.717) is 12.5 Å². The molecule has 2 atom stereocenters. The van der Waals surface area contributed by atoms with Gasteiger partial charge in [0.1, 0.15) is 11.6 Å². The summed E-state index contributed by atoms with van der Waals surface area (Å²) < 4.78 is 8.11. The van der Waals surface area contributed by atoms with Crippen LogP contribution in [0, 0.1) is 19.8 Å². The molecule has 2 N–H and O–H groups in total. The Morgan fingerprint density at radius 3 is 2.66 bits per heavy atom. The molecule has 0 bridgehead atoms. The van der Waals surface area contributed by atoms with E-state index in [1.807, 2.05) is 30.0 Å². The third kappa shape index (κ3) is 5.34. The predicted molar refractivity (Wildman–Crippen MR) is 127 cm³/mol. The second-order valence-corrected chi connectivity index (χ2v) is 8.28. The first kappa shape index (κ1) is 22.0. The Kier molecular flexibility index (Phi) is 7.17. The zero-order chi connectivity index (χ0) is 22.3. The van der Waals surface area contributed by atoms with Crippen molar-refractivity contribution in [3.8, 4) is 5.82 Å². The van der Waals surface area contributed by atoms with Crippen molar-refractivity contribution in [2.45, 2.75) is 39.3 Å². The normalized spacial score (nSPS) is 19.0. The molecule has 0 aliphatic carbocycles. The van der Waals surface area contributed by atoms with E-state index in [1.54, 1.807) is 13.2 Å². The van der Waals surface area contributed by atoms with Gasteiger partial charge in [0.25, 0.3) is 0 Å². The number of aryl methyl sites for hydroxylation is 2. The van der Waals surface area contributed by atoms with E-state index < -0.39 is 0 Å². The molecule has 2 aromatic heterocycles. The van der Waals surface area contributed by atoms with Gasteiger partial charge in [0.15, 0.2) is 5.96 Å². The van der Waals surface area contributed by atoms with E-state index >= 15 is 0 Å². The fourth-order valence-corrected chi connectivity index (χ4v) is 4.09. The van der Waals surface area contributed by atoms with Crippen LogP contribution < -0.4 is 10.6 Å². The minimum atomic E-state index is 0.123. The average molecular weight is 433 g/mol. The second-order valence-electron chi connectivity index (χ2n) is 8.28. The third-order valence-corrected chi connectivity index (χ3v) is 5.95. The van der Waals surface area contributed by atoms with Crippen molar-refractivity contribution >= 4 is 5.96 Å². The lowest BCUT2D eigenvalue weighted by molar-refractivity contribution is -0.0265. The van der Waals surface area contributed by atoms with Crippen molar-refractivity contribution < 1.29 is 4.74 Å². The van der Waals surface area contributed by atoms with E-state index in [2.05, 4.69) is 62.8 Å². The van der Waals surface area contributed by atoms with Crippen LogP contribution in [0.2, 0.25) is 0 Å². The quantitative estimate of drug-likeness (QED) is 0.459. The number of rotatable bonds is 6. The van der Waals surface area contributed by atoms with Crippen molar-refractivity contribution in [3.63, 3.8) is 0 Å². The number of imidazole rings is 1. The van der Waals surface area contributed by atoms with Crippen LogP contribution in [0.5, 0.6) is 0 Å². The molecule has 2 unspecified atom stereocenters. The molecule has 32 heavy (non-hydrogen) atoms. The Morgan fingerprint density at radius 2 is 1.97 bits per heavy atom. The number of nitrogens with one attached hydrogen (secondary N) is 2. The van der Waals surface area contributed by atoms with Crippen LogP contribution in [0.1, 0.15) is 41.5 Å². The number of pyridine rings is 1. The van der Waals surface area contributed by atoms with Gasteiger partial charge in [0.2, 0.25) is 0 Å². The van der Waals surface area contributed by atoms with Crippen molar-refractivity contribution in [2.75, 3.05) is 20.2 Å². The summed E-state index contributed by atoms with van der Waals surface area (Å²) in [6, 6.07) is 12.8. The van der Waals surface area contributed by atoms with Crippen LogP contribution in [0.3, 0.4) is 0 Å². The monoisotopic (exact) mass is 432 g/mol. The predicted octanol–water partition coefficient (Wildman–Crippen LogP) is 3.72. The summed E-state index contributed by atoms with van der Waals surface area (Å²) in [5.74, 6) is 2.98. The molecule has 0 amide bonds. The summed E-state index contributed by atoms with van der Waals surface area (Å²) in [6.45, 7) is 6.37. The topological polar surface area (TPSA) is 76.4 Å². The summed E-state index contributed by atoms with van der Waals surface area (Å²) >= 11 is 0. The number of benzene rings is 1. The highest BCUT2D eigenvalue weighted by Gasteiger charge is 2.27. The van der Waals surface area contributed by atoms with Gasteiger partial charge in [-0.25, -0.2) is 9.97 Å². The largest absolute Gasteiger partial charge is 0.373 e. The highest BCUT2D eigenvalue weighted by Crippen LogP contribution is 2.33. The first-order chi connectivity index (χ1) is 15.6. The number of ether oxygens (including phenoxy) is 1. The van der Waals surface area contributed by atoms with E-state index in [1.165, 1.54) is 11.1 Å². The summed E-state index contributed by atoms with van der Waals surface area (Å²) in [4.78, 5) is 13.2. The second kappa shape index (κ2) is 10.4. The van der Waals surface area contributed by atoms with Crippen molar-refractivity contribution in [3.05, 3.63) is 77.5 Å². The van der Waals surface area contributed by atoms with Gasteiger partial charge in [-0.05, 0) is 43.9 Å². The molecule has 3 heterocycles. The lowest BCUT2D eigenvalue weighted by atomic mass is 9.89. The van der Waals surface area contributed by atoms with Crippen LogP contribution in [0.4, 0.5) is 0 Å². The number of hydrogen-bond acceptors (Lipinski definition) is 4. The van der Waals surface area contributed by atoms with E-state index in [9.17, 15) is 0 Å². The van der Waals surface area contributed by atoms with Crippen molar-refractivity contribution in [1.82, 2.24) is 25.2 Å². The van der Waals surface area contributed by atoms with Crippen LogP contribution in [-0.4, -0.2) is 40.7 Å². The number of hydrogen-bond donors (Lipinski definition) is 2. The minimum absolute atomic E-state index is 0.123. The van der Waals surface area contributed by atoms with Crippen LogP contribution in [0.25, 0.3) is 5.82 Å². The molecule has 1 fully saturated rings. The number of aromatic nitrogens is 3. The molecule has 0 spiro atoms. The highest BCUT2D eigenvalue weighted by molar-refractivity contribution is 5.79. The molecular formula is C25H32N6O. The fraction of sp³-hybridized carbons (Fsp3) is 0.400. The molecule has 168 valence electrons. The van der Waals surface area contributed by atoms with Crippen molar-refractivity contribution in [2.24, 2.45) is 10.9 Å². The lowest BCUT2D eigenvalue weighted by Crippen LogP contribution is -2.41. The van der Waals surface area contributed by atoms with Crippen LogP contribution in [-0.2, 0) is 11.3 Å². The molecule has 0 saturated carbocycles. The van der Waals surface area contributed by atoms with Gasteiger partial charge in [0.05, 0.1) is 6.10 Å². The lowest BCUT2D eigenvalue weighted by Gasteiger charge is -2.32. The SMILES string of the molecule is CN=C(NCc1ccc(-n2ccnc2C)nc1)NCC1CCCOC1c1ccc(C)cc1. The maximum absolute atomic E-state index is 6.15. The van der Waals surface area contributed by atoms with Gasteiger partial charge in [0, 0.05) is 51.3 Å². The average Bonchev–Trinajstić information content (AvgIpc) is 3.26. The molecule has 1 aromatic carbocycles. The number of nitrogens with zero attached hydrogens (tertiary/aromatic N) is 4.